The molecule has 0 amide bonds. The van der Waals surface area contributed by atoms with Crippen LogP contribution in [0, 0.1) is 0 Å². The zero-order chi connectivity index (χ0) is 19.2. The van der Waals surface area contributed by atoms with Crippen molar-refractivity contribution in [3.05, 3.63) is 66.5 Å². The summed E-state index contributed by atoms with van der Waals surface area (Å²) in [5, 5.41) is 13.4. The first-order valence-electron chi connectivity index (χ1n) is 8.71. The number of guanidine groups is 1. The van der Waals surface area contributed by atoms with Crippen LogP contribution >= 0.6 is 24.0 Å². The minimum absolute atomic E-state index is 0. The van der Waals surface area contributed by atoms with Crippen molar-refractivity contribution in [3.63, 3.8) is 0 Å². The number of aromatic nitrogens is 4. The Morgan fingerprint density at radius 3 is 2.62 bits per heavy atom. The van der Waals surface area contributed by atoms with Gasteiger partial charge in [0.2, 0.25) is 11.7 Å². The molecular weight excluding hydrogens is 485 g/mol. The highest BCUT2D eigenvalue weighted by Gasteiger charge is 2.10. The van der Waals surface area contributed by atoms with Crippen LogP contribution in [0.1, 0.15) is 11.5 Å². The van der Waals surface area contributed by atoms with Crippen molar-refractivity contribution in [2.45, 2.75) is 13.1 Å². The molecular formula is C19H20IN7O2. The predicted octanol–water partition coefficient (Wildman–Crippen LogP) is 3.20. The number of rotatable bonds is 6. The molecule has 0 bridgehead atoms. The molecule has 10 heteroatoms. The van der Waals surface area contributed by atoms with Gasteiger partial charge in [-0.25, -0.2) is 9.97 Å². The molecule has 0 saturated carbocycles. The maximum absolute atomic E-state index is 5.54. The average molecular weight is 505 g/mol. The molecule has 0 aliphatic heterocycles. The normalized spacial score (nSPS) is 11.1. The van der Waals surface area contributed by atoms with Gasteiger partial charge in [-0.1, -0.05) is 18.2 Å². The summed E-state index contributed by atoms with van der Waals surface area (Å²) in [7, 11) is 1.70. The Balaban J connectivity index is 0.00000240. The summed E-state index contributed by atoms with van der Waals surface area (Å²) in [6, 6.07) is 13.4. The molecule has 3 N–H and O–H groups in total. The van der Waals surface area contributed by atoms with E-state index in [4.69, 9.17) is 8.83 Å². The summed E-state index contributed by atoms with van der Waals surface area (Å²) in [6.07, 6.45) is 3.22. The third-order valence-corrected chi connectivity index (χ3v) is 3.93. The quantitative estimate of drug-likeness (QED) is 0.209. The van der Waals surface area contributed by atoms with E-state index >= 15 is 0 Å². The van der Waals surface area contributed by atoms with Gasteiger partial charge < -0.3 is 19.5 Å². The molecule has 0 unspecified atom stereocenters. The fourth-order valence-corrected chi connectivity index (χ4v) is 2.55. The lowest BCUT2D eigenvalue weighted by molar-refractivity contribution is 0.572. The van der Waals surface area contributed by atoms with Crippen LogP contribution in [-0.2, 0) is 13.1 Å². The Labute approximate surface area is 184 Å². The van der Waals surface area contributed by atoms with Gasteiger partial charge >= 0.3 is 0 Å². The minimum Gasteiger partial charge on any atom is -0.461 e. The lowest BCUT2D eigenvalue weighted by Crippen LogP contribution is -2.36. The van der Waals surface area contributed by atoms with Crippen molar-refractivity contribution in [1.82, 2.24) is 30.8 Å². The van der Waals surface area contributed by atoms with Crippen LogP contribution in [0.3, 0.4) is 0 Å². The smallest absolute Gasteiger partial charge is 0.226 e. The first kappa shape index (κ1) is 20.6. The number of halogens is 1. The van der Waals surface area contributed by atoms with Gasteiger partial charge in [-0.3, -0.25) is 10.1 Å². The Morgan fingerprint density at radius 2 is 1.86 bits per heavy atom. The topological polar surface area (TPSA) is 117 Å². The molecule has 4 rings (SSSR count). The van der Waals surface area contributed by atoms with Gasteiger partial charge in [0.25, 0.3) is 0 Å². The van der Waals surface area contributed by atoms with Crippen LogP contribution in [0.5, 0.6) is 0 Å². The predicted molar refractivity (Wildman–Crippen MR) is 118 cm³/mol. The second-order valence-electron chi connectivity index (χ2n) is 5.87. The number of aliphatic imine (C=N–C) groups is 1. The van der Waals surface area contributed by atoms with Crippen molar-refractivity contribution in [2.75, 3.05) is 7.05 Å². The zero-order valence-corrected chi connectivity index (χ0v) is 18.0. The molecule has 0 spiro atoms. The fourth-order valence-electron chi connectivity index (χ4n) is 2.55. The number of hydrogen-bond acceptors (Lipinski definition) is 6. The Bertz CT molecular complexity index is 1040. The molecule has 3 aromatic heterocycles. The van der Waals surface area contributed by atoms with Crippen molar-refractivity contribution in [1.29, 1.82) is 0 Å². The molecule has 29 heavy (non-hydrogen) atoms. The largest absolute Gasteiger partial charge is 0.461 e. The van der Waals surface area contributed by atoms with Crippen molar-refractivity contribution >= 4 is 29.9 Å². The molecule has 4 aromatic rings. The van der Waals surface area contributed by atoms with Crippen LogP contribution in [0.25, 0.3) is 23.0 Å². The van der Waals surface area contributed by atoms with Gasteiger partial charge in [-0.05, 0) is 24.3 Å². The third kappa shape index (κ3) is 5.22. The maximum atomic E-state index is 5.54. The summed E-state index contributed by atoms with van der Waals surface area (Å²) < 4.78 is 10.8. The van der Waals surface area contributed by atoms with Gasteiger partial charge in [-0.2, -0.15) is 0 Å². The Hall–Kier alpha value is -3.15. The van der Waals surface area contributed by atoms with E-state index in [1.54, 1.807) is 25.6 Å². The van der Waals surface area contributed by atoms with Gasteiger partial charge in [0.05, 0.1) is 25.0 Å². The Kier molecular flexibility index (Phi) is 7.00. The van der Waals surface area contributed by atoms with E-state index in [0.29, 0.717) is 42.3 Å². The van der Waals surface area contributed by atoms with Gasteiger partial charge in [0, 0.05) is 12.6 Å². The molecule has 3 heterocycles. The van der Waals surface area contributed by atoms with Gasteiger partial charge in [0.1, 0.15) is 12.1 Å². The summed E-state index contributed by atoms with van der Waals surface area (Å²) in [5.41, 5.74) is 1.72. The van der Waals surface area contributed by atoms with E-state index in [0.717, 1.165) is 11.3 Å². The number of furan rings is 1. The maximum Gasteiger partial charge on any atom is 0.226 e. The molecule has 0 aliphatic rings. The highest BCUT2D eigenvalue weighted by Crippen LogP contribution is 2.17. The Morgan fingerprint density at radius 1 is 1.03 bits per heavy atom. The molecule has 1 aromatic carbocycles. The summed E-state index contributed by atoms with van der Waals surface area (Å²) in [6.45, 7) is 0.908. The SMILES string of the molecule is CN=C(NCc1coc(-c2ccccc2)n1)NCc1nc(-c2ccco2)n[nH]1.I. The molecule has 0 radical (unpaired) electrons. The molecule has 0 aliphatic carbocycles. The minimum atomic E-state index is 0. The number of benzene rings is 1. The molecule has 150 valence electrons. The third-order valence-electron chi connectivity index (χ3n) is 3.93. The number of H-pyrrole nitrogens is 1. The number of aromatic amines is 1. The van der Waals surface area contributed by atoms with E-state index in [1.807, 2.05) is 36.4 Å². The van der Waals surface area contributed by atoms with Crippen molar-refractivity contribution in [2.24, 2.45) is 4.99 Å². The summed E-state index contributed by atoms with van der Waals surface area (Å²) >= 11 is 0. The zero-order valence-electron chi connectivity index (χ0n) is 15.6. The first-order chi connectivity index (χ1) is 13.8. The number of nitrogens with zero attached hydrogens (tertiary/aromatic N) is 4. The second kappa shape index (κ2) is 9.87. The van der Waals surface area contributed by atoms with Crippen LogP contribution in [-0.4, -0.2) is 33.2 Å². The molecule has 0 saturated heterocycles. The van der Waals surface area contributed by atoms with Crippen molar-refractivity contribution in [3.8, 4) is 23.0 Å². The number of hydrogen-bond donors (Lipinski definition) is 3. The lowest BCUT2D eigenvalue weighted by Gasteiger charge is -2.09. The summed E-state index contributed by atoms with van der Waals surface area (Å²) in [4.78, 5) is 13.1. The standard InChI is InChI=1S/C19H19N7O2.HI/c1-20-19(22-11-16-24-17(26-25-16)15-8-5-9-27-15)21-10-14-12-28-18(23-14)13-6-3-2-4-7-13;/h2-9,12H,10-11H2,1H3,(H2,20,21,22)(H,24,25,26);1H. The van der Waals surface area contributed by atoms with Crippen LogP contribution in [0.2, 0.25) is 0 Å². The van der Waals surface area contributed by atoms with Crippen LogP contribution in [0.4, 0.5) is 0 Å². The highest BCUT2D eigenvalue weighted by molar-refractivity contribution is 14.0. The summed E-state index contributed by atoms with van der Waals surface area (Å²) in [5.74, 6) is 3.00. The van der Waals surface area contributed by atoms with Gasteiger partial charge in [-0.15, -0.1) is 29.1 Å². The number of nitrogens with one attached hydrogen (secondary N) is 3. The van der Waals surface area contributed by atoms with E-state index in [1.165, 1.54) is 0 Å². The molecule has 0 atom stereocenters. The fraction of sp³-hybridized carbons (Fsp3) is 0.158. The molecule has 0 fully saturated rings. The highest BCUT2D eigenvalue weighted by atomic mass is 127. The second-order valence-corrected chi connectivity index (χ2v) is 5.87. The van der Waals surface area contributed by atoms with E-state index in [-0.39, 0.29) is 24.0 Å². The monoisotopic (exact) mass is 505 g/mol. The van der Waals surface area contributed by atoms with Crippen molar-refractivity contribution < 1.29 is 8.83 Å². The lowest BCUT2D eigenvalue weighted by atomic mass is 10.2. The first-order valence-corrected chi connectivity index (χ1v) is 8.71. The number of oxazole rings is 1. The van der Waals surface area contributed by atoms with E-state index in [9.17, 15) is 0 Å². The van der Waals surface area contributed by atoms with Gasteiger partial charge in [0.15, 0.2) is 11.7 Å². The van der Waals surface area contributed by atoms with E-state index < -0.39 is 0 Å². The van der Waals surface area contributed by atoms with Crippen LogP contribution in [0.15, 0.2) is 68.8 Å². The molecule has 9 nitrogen and oxygen atoms in total. The van der Waals surface area contributed by atoms with Crippen LogP contribution < -0.4 is 10.6 Å². The average Bonchev–Trinajstić information content (AvgIpc) is 3.49. The van der Waals surface area contributed by atoms with E-state index in [2.05, 4.69) is 35.8 Å².